The van der Waals surface area contributed by atoms with Crippen LogP contribution in [0.5, 0.6) is 0 Å². The molecule has 122 valence electrons. The molecule has 0 atom stereocenters. The van der Waals surface area contributed by atoms with E-state index in [9.17, 15) is 0 Å². The van der Waals surface area contributed by atoms with Crippen molar-refractivity contribution in [1.29, 1.82) is 0 Å². The predicted octanol–water partition coefficient (Wildman–Crippen LogP) is 4.50. The highest BCUT2D eigenvalue weighted by atomic mass is 32.2. The minimum Gasteiger partial charge on any atom is -0.394 e. The number of nitrogen functional groups attached to an aromatic ring is 1. The van der Waals surface area contributed by atoms with Gasteiger partial charge in [0.1, 0.15) is 17.0 Å². The third-order valence-corrected chi connectivity index (χ3v) is 4.75. The summed E-state index contributed by atoms with van der Waals surface area (Å²) in [6, 6.07) is 19.8. The Morgan fingerprint density at radius 2 is 1.68 bits per heavy atom. The third kappa shape index (κ3) is 3.25. The monoisotopic (exact) mass is 345 g/mol. The van der Waals surface area contributed by atoms with Crippen LogP contribution >= 0.6 is 11.8 Å². The maximum absolute atomic E-state index is 6.29. The van der Waals surface area contributed by atoms with Crippen LogP contribution in [0, 0.1) is 0 Å². The molecular weight excluding hydrogens is 330 g/mol. The van der Waals surface area contributed by atoms with Crippen molar-refractivity contribution in [2.75, 3.05) is 11.1 Å². The molecule has 0 radical (unpaired) electrons. The van der Waals surface area contributed by atoms with Crippen LogP contribution in [-0.2, 0) is 0 Å². The fraction of sp³-hybridized carbons (Fsp3) is 0. The summed E-state index contributed by atoms with van der Waals surface area (Å²) < 4.78 is 0. The third-order valence-electron chi connectivity index (χ3n) is 3.69. The second-order valence-corrected chi connectivity index (χ2v) is 6.40. The molecule has 25 heavy (non-hydrogen) atoms. The maximum atomic E-state index is 6.29. The molecule has 0 spiro atoms. The molecule has 2 aromatic heterocycles. The van der Waals surface area contributed by atoms with E-state index in [1.165, 1.54) is 18.1 Å². The van der Waals surface area contributed by atoms with Gasteiger partial charge in [0.2, 0.25) is 0 Å². The molecule has 3 N–H and O–H groups in total. The minimum atomic E-state index is 0.518. The van der Waals surface area contributed by atoms with Gasteiger partial charge in [0.15, 0.2) is 5.82 Å². The maximum Gasteiger partial charge on any atom is 0.158 e. The lowest BCUT2D eigenvalue weighted by Gasteiger charge is -2.11. The molecule has 0 aliphatic carbocycles. The summed E-state index contributed by atoms with van der Waals surface area (Å²) in [6.07, 6.45) is 3.31. The molecule has 5 nitrogen and oxygen atoms in total. The average molecular weight is 345 g/mol. The van der Waals surface area contributed by atoms with E-state index in [-0.39, 0.29) is 0 Å². The van der Waals surface area contributed by atoms with Crippen LogP contribution in [0.15, 0.2) is 83.1 Å². The summed E-state index contributed by atoms with van der Waals surface area (Å²) >= 11 is 1.49. The molecule has 0 fully saturated rings. The van der Waals surface area contributed by atoms with Crippen LogP contribution in [0.3, 0.4) is 0 Å². The molecule has 4 aromatic rings. The number of hydrogen-bond acceptors (Lipinski definition) is 6. The second kappa shape index (κ2) is 6.78. The van der Waals surface area contributed by atoms with Crippen LogP contribution in [0.4, 0.5) is 17.2 Å². The number of aromatic nitrogens is 3. The molecule has 0 unspecified atom stereocenters. The van der Waals surface area contributed by atoms with Gasteiger partial charge in [0.25, 0.3) is 0 Å². The normalized spacial score (nSPS) is 10.7. The molecule has 4 rings (SSSR count). The standard InChI is InChI=1S/C19H15N5S/c20-16-18(24-14-8-2-1-3-9-14)22-12-23-19(16)25-15-10-4-6-13-7-5-11-21-17(13)15/h1-12H,20H2,(H,22,23,24). The quantitative estimate of drug-likeness (QED) is 0.530. The summed E-state index contributed by atoms with van der Waals surface area (Å²) in [4.78, 5) is 14.1. The SMILES string of the molecule is Nc1c(Nc2ccccc2)ncnc1Sc1cccc2cccnc12. The highest BCUT2D eigenvalue weighted by Crippen LogP contribution is 2.36. The number of fused-ring (bicyclic) bond motifs is 1. The van der Waals surface area contributed by atoms with Crippen molar-refractivity contribution >= 4 is 39.9 Å². The lowest BCUT2D eigenvalue weighted by molar-refractivity contribution is 1.06. The van der Waals surface area contributed by atoms with Gasteiger partial charge in [-0.15, -0.1) is 0 Å². The summed E-state index contributed by atoms with van der Waals surface area (Å²) in [7, 11) is 0. The highest BCUT2D eigenvalue weighted by molar-refractivity contribution is 7.99. The van der Waals surface area contributed by atoms with E-state index in [2.05, 4.69) is 20.3 Å². The molecular formula is C19H15N5S. The Balaban J connectivity index is 1.68. The van der Waals surface area contributed by atoms with Crippen molar-refractivity contribution in [3.63, 3.8) is 0 Å². The number of pyridine rings is 1. The number of benzene rings is 2. The van der Waals surface area contributed by atoms with Crippen LogP contribution in [0.2, 0.25) is 0 Å². The average Bonchev–Trinajstić information content (AvgIpc) is 2.66. The summed E-state index contributed by atoms with van der Waals surface area (Å²) in [5.41, 5.74) is 8.67. The van der Waals surface area contributed by atoms with Crippen LogP contribution in [0.25, 0.3) is 10.9 Å². The summed E-state index contributed by atoms with van der Waals surface area (Å²) in [6.45, 7) is 0. The Hall–Kier alpha value is -3.12. The predicted molar refractivity (Wildman–Crippen MR) is 102 cm³/mol. The van der Waals surface area contributed by atoms with Crippen LogP contribution < -0.4 is 11.1 Å². The summed E-state index contributed by atoms with van der Waals surface area (Å²) in [5, 5.41) is 5.02. The fourth-order valence-corrected chi connectivity index (χ4v) is 3.41. The Kier molecular flexibility index (Phi) is 4.18. The van der Waals surface area contributed by atoms with Gasteiger partial charge < -0.3 is 11.1 Å². The van der Waals surface area contributed by atoms with Crippen molar-refractivity contribution in [2.24, 2.45) is 0 Å². The topological polar surface area (TPSA) is 76.7 Å². The number of rotatable bonds is 4. The lowest BCUT2D eigenvalue weighted by Crippen LogP contribution is -2.02. The number of nitrogens with two attached hydrogens (primary N) is 1. The number of nitrogens with one attached hydrogen (secondary N) is 1. The van der Waals surface area contributed by atoms with Gasteiger partial charge in [0.05, 0.1) is 5.52 Å². The van der Waals surface area contributed by atoms with E-state index in [4.69, 9.17) is 5.73 Å². The Morgan fingerprint density at radius 3 is 2.56 bits per heavy atom. The Morgan fingerprint density at radius 1 is 0.840 bits per heavy atom. The fourth-order valence-electron chi connectivity index (χ4n) is 2.48. The van der Waals surface area contributed by atoms with Gasteiger partial charge in [-0.25, -0.2) is 9.97 Å². The van der Waals surface area contributed by atoms with Gasteiger partial charge in [-0.2, -0.15) is 0 Å². The second-order valence-electron chi connectivity index (χ2n) is 5.37. The molecule has 0 bridgehead atoms. The van der Waals surface area contributed by atoms with Gasteiger partial charge >= 0.3 is 0 Å². The van der Waals surface area contributed by atoms with E-state index in [1.807, 2.05) is 60.7 Å². The zero-order valence-corrected chi connectivity index (χ0v) is 14.1. The first-order valence-corrected chi connectivity index (χ1v) is 8.57. The van der Waals surface area contributed by atoms with Gasteiger partial charge in [-0.1, -0.05) is 48.2 Å². The molecule has 0 amide bonds. The molecule has 2 aromatic carbocycles. The summed E-state index contributed by atoms with van der Waals surface area (Å²) in [5.74, 6) is 0.594. The molecule has 2 heterocycles. The molecule has 6 heteroatoms. The molecule has 0 aliphatic heterocycles. The zero-order valence-electron chi connectivity index (χ0n) is 13.3. The van der Waals surface area contributed by atoms with E-state index in [1.54, 1.807) is 6.20 Å². The Labute approximate surface area is 149 Å². The molecule has 0 saturated carbocycles. The van der Waals surface area contributed by atoms with Gasteiger partial charge in [-0.05, 0) is 24.3 Å². The van der Waals surface area contributed by atoms with Gasteiger partial charge in [-0.3, -0.25) is 4.98 Å². The molecule has 0 saturated heterocycles. The van der Waals surface area contributed by atoms with E-state index in [0.717, 1.165) is 21.5 Å². The van der Waals surface area contributed by atoms with E-state index >= 15 is 0 Å². The van der Waals surface area contributed by atoms with Crippen molar-refractivity contribution < 1.29 is 0 Å². The minimum absolute atomic E-state index is 0.518. The van der Waals surface area contributed by atoms with Crippen molar-refractivity contribution in [3.8, 4) is 0 Å². The number of anilines is 3. The first-order chi connectivity index (χ1) is 12.3. The number of para-hydroxylation sites is 2. The number of nitrogens with zero attached hydrogens (tertiary/aromatic N) is 3. The number of hydrogen-bond donors (Lipinski definition) is 2. The zero-order chi connectivity index (χ0) is 17.1. The van der Waals surface area contributed by atoms with E-state index < -0.39 is 0 Å². The van der Waals surface area contributed by atoms with Crippen molar-refractivity contribution in [3.05, 3.63) is 73.2 Å². The lowest BCUT2D eigenvalue weighted by atomic mass is 10.2. The highest BCUT2D eigenvalue weighted by Gasteiger charge is 2.12. The Bertz CT molecular complexity index is 1020. The largest absolute Gasteiger partial charge is 0.394 e. The van der Waals surface area contributed by atoms with Crippen molar-refractivity contribution in [2.45, 2.75) is 9.92 Å². The first kappa shape index (κ1) is 15.4. The van der Waals surface area contributed by atoms with Gasteiger partial charge in [0, 0.05) is 22.2 Å². The van der Waals surface area contributed by atoms with Crippen LogP contribution in [0.1, 0.15) is 0 Å². The molecule has 0 aliphatic rings. The van der Waals surface area contributed by atoms with E-state index in [0.29, 0.717) is 16.5 Å². The van der Waals surface area contributed by atoms with Crippen LogP contribution in [-0.4, -0.2) is 15.0 Å². The smallest absolute Gasteiger partial charge is 0.158 e. The first-order valence-electron chi connectivity index (χ1n) is 7.75. The van der Waals surface area contributed by atoms with Crippen molar-refractivity contribution in [1.82, 2.24) is 15.0 Å².